The first-order chi connectivity index (χ1) is 16.6. The maximum absolute atomic E-state index is 10.8. The van der Waals surface area contributed by atoms with E-state index in [4.69, 9.17) is 10.5 Å². The molecule has 0 bridgehead atoms. The highest BCUT2D eigenvalue weighted by atomic mass is 16.5. The summed E-state index contributed by atoms with van der Waals surface area (Å²) >= 11 is 0. The standard InChI is InChI=1S/C11H13NO2.C11H14.C6H11N3O/c1-8-6-14-10-5-3-2-4-9(10)11(8)12-7-13;1-8-3-6-11-9(2)4-5-10(11)7-8;1-6(2)3-4(10)8-5(7)9-6/h2-5,7-8,11H,6H2,1H3,(H,12,13);3,6-7,9H,4-5H2,1-2H3;3H2,1-2H3,(H3,7,8,9,10). The van der Waals surface area contributed by atoms with Crippen molar-refractivity contribution in [2.45, 2.75) is 71.4 Å². The van der Waals surface area contributed by atoms with Gasteiger partial charge in [-0.1, -0.05) is 55.8 Å². The summed E-state index contributed by atoms with van der Waals surface area (Å²) in [4.78, 5) is 25.3. The number of aryl methyl sites for hydroxylation is 2. The van der Waals surface area contributed by atoms with Crippen molar-refractivity contribution in [1.82, 2.24) is 10.6 Å². The molecule has 2 heterocycles. The fraction of sp³-hybridized carbons (Fsp3) is 0.464. The van der Waals surface area contributed by atoms with Crippen molar-refractivity contribution >= 4 is 18.3 Å². The van der Waals surface area contributed by atoms with E-state index in [-0.39, 0.29) is 23.4 Å². The zero-order valence-corrected chi connectivity index (χ0v) is 21.4. The monoisotopic (exact) mass is 478 g/mol. The molecule has 0 saturated carbocycles. The predicted octanol–water partition coefficient (Wildman–Crippen LogP) is 4.15. The third kappa shape index (κ3) is 7.07. The minimum Gasteiger partial charge on any atom is -0.493 e. The van der Waals surface area contributed by atoms with Crippen LogP contribution in [0.1, 0.15) is 74.8 Å². The van der Waals surface area contributed by atoms with Crippen LogP contribution in [0.2, 0.25) is 0 Å². The Labute approximate surface area is 208 Å². The van der Waals surface area contributed by atoms with Crippen LogP contribution in [0.5, 0.6) is 5.75 Å². The summed E-state index contributed by atoms with van der Waals surface area (Å²) < 4.78 is 5.56. The second kappa shape index (κ2) is 11.4. The number of aliphatic imine (C=N–C) groups is 1. The average Bonchev–Trinajstić information content (AvgIpc) is 3.15. The number of ether oxygens (including phenoxy) is 1. The van der Waals surface area contributed by atoms with Gasteiger partial charge in [-0.15, -0.1) is 0 Å². The van der Waals surface area contributed by atoms with E-state index < -0.39 is 0 Å². The molecule has 35 heavy (non-hydrogen) atoms. The molecule has 5 rings (SSSR count). The molecule has 0 aromatic heterocycles. The topological polar surface area (TPSA) is 106 Å². The Hall–Kier alpha value is -3.35. The van der Waals surface area contributed by atoms with Gasteiger partial charge in [0, 0.05) is 11.5 Å². The van der Waals surface area contributed by atoms with Gasteiger partial charge in [-0.25, -0.2) is 4.99 Å². The van der Waals surface area contributed by atoms with Gasteiger partial charge in [-0.3, -0.25) is 14.9 Å². The SMILES string of the molecule is CC1(C)CC(=O)NC(N)=N1.CC1COc2ccccc2C1NC=O.Cc1ccc2c(c1)CCC2C. The van der Waals surface area contributed by atoms with Gasteiger partial charge >= 0.3 is 0 Å². The maximum atomic E-state index is 10.8. The van der Waals surface area contributed by atoms with Crippen molar-refractivity contribution in [1.29, 1.82) is 0 Å². The zero-order valence-electron chi connectivity index (χ0n) is 21.4. The van der Waals surface area contributed by atoms with E-state index in [1.807, 2.05) is 38.1 Å². The average molecular weight is 479 g/mol. The first kappa shape index (κ1) is 26.3. The van der Waals surface area contributed by atoms with Gasteiger partial charge in [0.1, 0.15) is 5.75 Å². The third-order valence-electron chi connectivity index (χ3n) is 6.53. The molecule has 0 spiro atoms. The van der Waals surface area contributed by atoms with E-state index in [0.29, 0.717) is 18.9 Å². The number of nitrogens with one attached hydrogen (secondary N) is 2. The normalized spacial score (nSPS) is 23.4. The number of hydrogen-bond donors (Lipinski definition) is 3. The van der Waals surface area contributed by atoms with Crippen LogP contribution in [0, 0.1) is 12.8 Å². The molecule has 2 aliphatic heterocycles. The Morgan fingerprint density at radius 1 is 1.17 bits per heavy atom. The molecule has 3 unspecified atom stereocenters. The number of guanidine groups is 1. The second-order valence-electron chi connectivity index (χ2n) is 10.3. The van der Waals surface area contributed by atoms with Crippen LogP contribution in [0.25, 0.3) is 0 Å². The van der Waals surface area contributed by atoms with Crippen LogP contribution < -0.4 is 21.1 Å². The van der Waals surface area contributed by atoms with Crippen LogP contribution in [-0.2, 0) is 16.0 Å². The smallest absolute Gasteiger partial charge is 0.229 e. The molecule has 3 aliphatic rings. The van der Waals surface area contributed by atoms with Crippen LogP contribution in [0.3, 0.4) is 0 Å². The highest BCUT2D eigenvalue weighted by molar-refractivity contribution is 5.98. The van der Waals surface area contributed by atoms with Crippen molar-refractivity contribution in [3.8, 4) is 5.75 Å². The molecule has 4 N–H and O–H groups in total. The van der Waals surface area contributed by atoms with Gasteiger partial charge in [0.15, 0.2) is 5.96 Å². The number of carbonyl (C=O) groups excluding carboxylic acids is 2. The van der Waals surface area contributed by atoms with E-state index >= 15 is 0 Å². The van der Waals surface area contributed by atoms with Gasteiger partial charge in [0.25, 0.3) is 0 Å². The minimum atomic E-state index is -0.327. The Morgan fingerprint density at radius 3 is 2.60 bits per heavy atom. The first-order valence-corrected chi connectivity index (χ1v) is 12.3. The second-order valence-corrected chi connectivity index (χ2v) is 10.3. The number of amides is 2. The zero-order chi connectivity index (χ0) is 25.6. The van der Waals surface area contributed by atoms with Gasteiger partial charge < -0.3 is 15.8 Å². The van der Waals surface area contributed by atoms with Gasteiger partial charge in [0.2, 0.25) is 12.3 Å². The van der Waals surface area contributed by atoms with Crippen LogP contribution in [0.15, 0.2) is 47.5 Å². The van der Waals surface area contributed by atoms with E-state index in [9.17, 15) is 9.59 Å². The summed E-state index contributed by atoms with van der Waals surface area (Å²) in [6, 6.07) is 14.7. The lowest BCUT2D eigenvalue weighted by Gasteiger charge is -2.30. The molecule has 2 aromatic carbocycles. The number of rotatable bonds is 2. The largest absolute Gasteiger partial charge is 0.493 e. The molecule has 0 fully saturated rings. The Morgan fingerprint density at radius 2 is 1.91 bits per heavy atom. The van der Waals surface area contributed by atoms with Crippen molar-refractivity contribution in [3.63, 3.8) is 0 Å². The molecule has 2 amide bonds. The van der Waals surface area contributed by atoms with Crippen molar-refractivity contribution in [2.24, 2.45) is 16.6 Å². The molecular formula is C28H38N4O3. The number of hydrogen-bond acceptors (Lipinski definition) is 5. The van der Waals surface area contributed by atoms with Gasteiger partial charge in [-0.2, -0.15) is 0 Å². The quantitative estimate of drug-likeness (QED) is 0.564. The molecule has 188 valence electrons. The number of para-hydroxylation sites is 1. The molecule has 0 radical (unpaired) electrons. The Bertz CT molecular complexity index is 1080. The van der Waals surface area contributed by atoms with Gasteiger partial charge in [-0.05, 0) is 56.7 Å². The number of nitrogens with two attached hydrogens (primary N) is 1. The molecule has 7 nitrogen and oxygen atoms in total. The fourth-order valence-corrected chi connectivity index (χ4v) is 4.75. The Balaban J connectivity index is 0.000000149. The van der Waals surface area contributed by atoms with Crippen molar-refractivity contribution in [2.75, 3.05) is 6.61 Å². The molecule has 0 saturated heterocycles. The maximum Gasteiger partial charge on any atom is 0.229 e. The summed E-state index contributed by atoms with van der Waals surface area (Å²) in [5, 5.41) is 5.25. The lowest BCUT2D eigenvalue weighted by atomic mass is 9.92. The highest BCUT2D eigenvalue weighted by Crippen LogP contribution is 2.34. The van der Waals surface area contributed by atoms with E-state index in [1.54, 1.807) is 11.1 Å². The van der Waals surface area contributed by atoms with Crippen LogP contribution in [0.4, 0.5) is 0 Å². The number of fused-ring (bicyclic) bond motifs is 2. The number of nitrogens with zero attached hydrogens (tertiary/aromatic N) is 1. The van der Waals surface area contributed by atoms with Crippen molar-refractivity contribution < 1.29 is 14.3 Å². The van der Waals surface area contributed by atoms with E-state index in [1.165, 1.54) is 18.4 Å². The lowest BCUT2D eigenvalue weighted by Crippen LogP contribution is -2.46. The fourth-order valence-electron chi connectivity index (χ4n) is 4.75. The van der Waals surface area contributed by atoms with Crippen LogP contribution >= 0.6 is 0 Å². The molecule has 3 atom stereocenters. The number of carbonyl (C=O) groups is 2. The third-order valence-corrected chi connectivity index (χ3v) is 6.53. The number of benzene rings is 2. The summed E-state index contributed by atoms with van der Waals surface area (Å²) in [6.07, 6.45) is 3.80. The summed E-state index contributed by atoms with van der Waals surface area (Å²) in [6.45, 7) is 11.0. The van der Waals surface area contributed by atoms with E-state index in [0.717, 1.165) is 23.6 Å². The van der Waals surface area contributed by atoms with E-state index in [2.05, 4.69) is 54.6 Å². The molecule has 2 aromatic rings. The highest BCUT2D eigenvalue weighted by Gasteiger charge is 2.27. The van der Waals surface area contributed by atoms with Crippen LogP contribution in [-0.4, -0.2) is 30.4 Å². The predicted molar refractivity (Wildman–Crippen MR) is 139 cm³/mol. The Kier molecular flexibility index (Phi) is 8.54. The minimum absolute atomic E-state index is 0.0579. The summed E-state index contributed by atoms with van der Waals surface area (Å²) in [5.41, 5.74) is 10.6. The van der Waals surface area contributed by atoms with Gasteiger partial charge in [0.05, 0.1) is 24.6 Å². The molecule has 1 aliphatic carbocycles. The summed E-state index contributed by atoms with van der Waals surface area (Å²) in [5.74, 6) is 2.16. The lowest BCUT2D eigenvalue weighted by molar-refractivity contribution is -0.121. The van der Waals surface area contributed by atoms with Crippen molar-refractivity contribution in [3.05, 3.63) is 64.7 Å². The summed E-state index contributed by atoms with van der Waals surface area (Å²) in [7, 11) is 0. The molecular weight excluding hydrogens is 440 g/mol. The first-order valence-electron chi connectivity index (χ1n) is 12.3. The molecule has 7 heteroatoms.